The van der Waals surface area contributed by atoms with Crippen molar-refractivity contribution < 1.29 is 9.90 Å². The Hall–Kier alpha value is -3.28. The van der Waals surface area contributed by atoms with Crippen LogP contribution in [0.1, 0.15) is 24.8 Å². The van der Waals surface area contributed by atoms with Gasteiger partial charge in [0.2, 0.25) is 5.95 Å². The van der Waals surface area contributed by atoms with E-state index in [9.17, 15) is 9.59 Å². The number of piperidine rings is 1. The number of hydrogen-bond acceptors (Lipinski definition) is 9. The number of rotatable bonds is 7. The molecule has 0 atom stereocenters. The molecule has 192 valence electrons. The zero-order valence-corrected chi connectivity index (χ0v) is 20.8. The van der Waals surface area contributed by atoms with Crippen LogP contribution < -0.4 is 21.1 Å². The molecule has 11 nitrogen and oxygen atoms in total. The van der Waals surface area contributed by atoms with Gasteiger partial charge in [-0.15, -0.1) is 12.4 Å². The zero-order chi connectivity index (χ0) is 24.2. The minimum absolute atomic E-state index is 0. The number of carboxylic acids is 1. The number of carboxylic acid groups (broad SMARTS) is 1. The monoisotopic (exact) mass is 514 g/mol. The van der Waals surface area contributed by atoms with Crippen LogP contribution in [-0.2, 0) is 11.3 Å². The summed E-state index contributed by atoms with van der Waals surface area (Å²) in [6.07, 6.45) is 3.24. The van der Waals surface area contributed by atoms with Crippen molar-refractivity contribution in [1.82, 2.24) is 30.4 Å². The molecule has 1 aromatic carbocycles. The Morgan fingerprint density at radius 2 is 1.81 bits per heavy atom. The Bertz CT molecular complexity index is 1240. The molecule has 0 aliphatic carbocycles. The first-order valence-corrected chi connectivity index (χ1v) is 12.1. The molecule has 2 saturated heterocycles. The second-order valence-electron chi connectivity index (χ2n) is 9.21. The highest BCUT2D eigenvalue weighted by molar-refractivity contribution is 5.90. The number of halogens is 1. The molecule has 5 rings (SSSR count). The Morgan fingerprint density at radius 3 is 2.50 bits per heavy atom. The number of aromatic nitrogens is 4. The predicted molar refractivity (Wildman–Crippen MR) is 140 cm³/mol. The maximum Gasteiger partial charge on any atom is 0.303 e. The lowest BCUT2D eigenvalue weighted by Crippen LogP contribution is -2.42. The minimum Gasteiger partial charge on any atom is -0.481 e. The summed E-state index contributed by atoms with van der Waals surface area (Å²) in [5, 5.41) is 22.5. The summed E-state index contributed by atoms with van der Waals surface area (Å²) in [5.41, 5.74) is 2.17. The molecule has 0 saturated carbocycles. The van der Waals surface area contributed by atoms with E-state index in [1.165, 1.54) is 11.8 Å². The van der Waals surface area contributed by atoms with E-state index in [0.717, 1.165) is 51.3 Å². The Morgan fingerprint density at radius 1 is 1.08 bits per heavy atom. The summed E-state index contributed by atoms with van der Waals surface area (Å²) in [4.78, 5) is 37.4. The predicted octanol–water partition coefficient (Wildman–Crippen LogP) is 1.97. The fraction of sp³-hybridized carbons (Fsp3) is 0.458. The molecule has 2 aromatic heterocycles. The van der Waals surface area contributed by atoms with E-state index in [-0.39, 0.29) is 30.3 Å². The van der Waals surface area contributed by atoms with Crippen LogP contribution in [-0.4, -0.2) is 75.4 Å². The molecule has 2 fully saturated rings. The summed E-state index contributed by atoms with van der Waals surface area (Å²) >= 11 is 0. The van der Waals surface area contributed by atoms with E-state index in [2.05, 4.69) is 42.8 Å². The average Bonchev–Trinajstić information content (AvgIpc) is 2.86. The molecule has 2 aliphatic heterocycles. The SMILES string of the molecule is Cl.O=C(O)CC1CCN(c2nc(Nc3ccc(CN4CCNCC4)cc3)c3c(=O)[nH]ncc3n2)CC1. The topological polar surface area (TPSA) is 139 Å². The van der Waals surface area contributed by atoms with Crippen LogP contribution in [0.3, 0.4) is 0 Å². The highest BCUT2D eigenvalue weighted by atomic mass is 35.5. The second-order valence-corrected chi connectivity index (χ2v) is 9.21. The van der Waals surface area contributed by atoms with Gasteiger partial charge >= 0.3 is 5.97 Å². The molecule has 0 spiro atoms. The molecule has 4 N–H and O–H groups in total. The van der Waals surface area contributed by atoms with Crippen molar-refractivity contribution in [1.29, 1.82) is 0 Å². The normalized spacial score (nSPS) is 17.1. The fourth-order valence-electron chi connectivity index (χ4n) is 4.76. The van der Waals surface area contributed by atoms with Crippen LogP contribution in [0, 0.1) is 5.92 Å². The first kappa shape index (κ1) is 25.8. The van der Waals surface area contributed by atoms with Crippen molar-refractivity contribution in [2.75, 3.05) is 49.5 Å². The standard InChI is InChI=1S/C24H30N8O3.ClH/c33-20(34)13-16-5-9-32(10-6-16)24-28-19-14-26-30-23(35)21(19)22(29-24)27-18-3-1-17(2-4-18)15-31-11-7-25-8-12-31;/h1-4,14,16,25H,5-13,15H2,(H,30,35)(H,33,34)(H,27,28,29);1H. The van der Waals surface area contributed by atoms with Crippen LogP contribution in [0.5, 0.6) is 0 Å². The van der Waals surface area contributed by atoms with E-state index < -0.39 is 5.97 Å². The van der Waals surface area contributed by atoms with Gasteiger partial charge in [0, 0.05) is 57.9 Å². The van der Waals surface area contributed by atoms with Crippen molar-refractivity contribution in [3.63, 3.8) is 0 Å². The number of aromatic amines is 1. The number of fused-ring (bicyclic) bond motifs is 1. The molecule has 0 unspecified atom stereocenters. The molecule has 3 aromatic rings. The number of nitrogens with one attached hydrogen (secondary N) is 3. The van der Waals surface area contributed by atoms with Gasteiger partial charge in [-0.2, -0.15) is 10.1 Å². The van der Waals surface area contributed by atoms with E-state index >= 15 is 0 Å². The summed E-state index contributed by atoms with van der Waals surface area (Å²) < 4.78 is 0. The van der Waals surface area contributed by atoms with Gasteiger partial charge in [-0.05, 0) is 36.5 Å². The third-order valence-corrected chi connectivity index (χ3v) is 6.70. The van der Waals surface area contributed by atoms with Gasteiger partial charge in [0.05, 0.1) is 6.20 Å². The zero-order valence-electron chi connectivity index (χ0n) is 19.9. The summed E-state index contributed by atoms with van der Waals surface area (Å²) in [6.45, 7) is 6.36. The number of carbonyl (C=O) groups is 1. The van der Waals surface area contributed by atoms with Gasteiger partial charge in [-0.3, -0.25) is 14.5 Å². The number of anilines is 3. The van der Waals surface area contributed by atoms with Gasteiger partial charge in [-0.1, -0.05) is 12.1 Å². The lowest BCUT2D eigenvalue weighted by Gasteiger charge is -2.31. The van der Waals surface area contributed by atoms with Gasteiger partial charge in [0.15, 0.2) is 0 Å². The quantitative estimate of drug-likeness (QED) is 0.370. The van der Waals surface area contributed by atoms with Crippen molar-refractivity contribution in [3.05, 3.63) is 46.4 Å². The number of piperazine rings is 1. The third kappa shape index (κ3) is 6.10. The molecule has 0 bridgehead atoms. The highest BCUT2D eigenvalue weighted by Gasteiger charge is 2.24. The third-order valence-electron chi connectivity index (χ3n) is 6.70. The first-order valence-electron chi connectivity index (χ1n) is 12.1. The van der Waals surface area contributed by atoms with Crippen LogP contribution in [0.2, 0.25) is 0 Å². The molecule has 0 amide bonds. The van der Waals surface area contributed by atoms with Gasteiger partial charge in [0.25, 0.3) is 5.56 Å². The van der Waals surface area contributed by atoms with Crippen molar-refractivity contribution in [2.45, 2.75) is 25.8 Å². The van der Waals surface area contributed by atoms with E-state index in [4.69, 9.17) is 10.1 Å². The lowest BCUT2D eigenvalue weighted by molar-refractivity contribution is -0.138. The van der Waals surface area contributed by atoms with E-state index in [0.29, 0.717) is 35.8 Å². The Kier molecular flexibility index (Phi) is 8.34. The fourth-order valence-corrected chi connectivity index (χ4v) is 4.76. The molecule has 12 heteroatoms. The molecule has 0 radical (unpaired) electrons. The van der Waals surface area contributed by atoms with Crippen LogP contribution in [0.4, 0.5) is 17.5 Å². The molecular formula is C24H31ClN8O3. The lowest BCUT2D eigenvalue weighted by atomic mass is 9.94. The van der Waals surface area contributed by atoms with E-state index in [1.807, 2.05) is 17.0 Å². The van der Waals surface area contributed by atoms with Crippen molar-refractivity contribution in [3.8, 4) is 0 Å². The molecular weight excluding hydrogens is 484 g/mol. The number of aliphatic carboxylic acids is 1. The number of nitrogens with zero attached hydrogens (tertiary/aromatic N) is 5. The molecule has 2 aliphatic rings. The van der Waals surface area contributed by atoms with E-state index in [1.54, 1.807) is 0 Å². The van der Waals surface area contributed by atoms with Crippen molar-refractivity contribution in [2.24, 2.45) is 5.92 Å². The van der Waals surface area contributed by atoms with Crippen LogP contribution >= 0.6 is 12.4 Å². The maximum atomic E-state index is 12.6. The maximum absolute atomic E-state index is 12.6. The summed E-state index contributed by atoms with van der Waals surface area (Å²) in [7, 11) is 0. The summed E-state index contributed by atoms with van der Waals surface area (Å²) in [6, 6.07) is 8.18. The second kappa shape index (κ2) is 11.6. The van der Waals surface area contributed by atoms with Gasteiger partial charge in [-0.25, -0.2) is 10.1 Å². The first-order chi connectivity index (χ1) is 17.0. The van der Waals surface area contributed by atoms with Crippen molar-refractivity contribution >= 4 is 46.7 Å². The molecule has 36 heavy (non-hydrogen) atoms. The van der Waals surface area contributed by atoms with Crippen LogP contribution in [0.15, 0.2) is 35.3 Å². The Labute approximate surface area is 214 Å². The smallest absolute Gasteiger partial charge is 0.303 e. The Balaban J connectivity index is 0.00000304. The number of benzene rings is 1. The minimum atomic E-state index is -0.763. The number of H-pyrrole nitrogens is 1. The average molecular weight is 515 g/mol. The highest BCUT2D eigenvalue weighted by Crippen LogP contribution is 2.27. The largest absolute Gasteiger partial charge is 0.481 e. The molecule has 4 heterocycles. The van der Waals surface area contributed by atoms with Gasteiger partial charge in [0.1, 0.15) is 16.7 Å². The van der Waals surface area contributed by atoms with Crippen LogP contribution in [0.25, 0.3) is 10.9 Å². The number of hydrogen-bond donors (Lipinski definition) is 4. The van der Waals surface area contributed by atoms with Gasteiger partial charge < -0.3 is 20.6 Å². The summed E-state index contributed by atoms with van der Waals surface area (Å²) in [5.74, 6) is 0.333.